The maximum atomic E-state index is 5.70. The van der Waals surface area contributed by atoms with Crippen molar-refractivity contribution in [1.82, 2.24) is 9.97 Å². The highest BCUT2D eigenvalue weighted by Crippen LogP contribution is 2.24. The Labute approximate surface area is 80.6 Å². The van der Waals surface area contributed by atoms with Gasteiger partial charge in [0.2, 0.25) is 0 Å². The van der Waals surface area contributed by atoms with E-state index in [1.807, 2.05) is 24.3 Å². The molecule has 2 heterocycles. The number of para-hydroxylation sites is 1. The van der Waals surface area contributed by atoms with Gasteiger partial charge in [0.05, 0.1) is 11.9 Å². The maximum Gasteiger partial charge on any atom is 0.138 e. The van der Waals surface area contributed by atoms with Gasteiger partial charge >= 0.3 is 0 Å². The third-order valence-corrected chi connectivity index (χ3v) is 2.38. The first-order chi connectivity index (χ1) is 6.84. The van der Waals surface area contributed by atoms with E-state index in [2.05, 4.69) is 16.0 Å². The minimum Gasteiger partial charge on any atom is -0.397 e. The van der Waals surface area contributed by atoms with Gasteiger partial charge in [0.1, 0.15) is 5.65 Å². The molecular formula is C11H9N3. The molecule has 68 valence electrons. The minimum atomic E-state index is 0.697. The molecule has 3 heteroatoms. The number of aromatic amines is 1. The largest absolute Gasteiger partial charge is 0.397 e. The van der Waals surface area contributed by atoms with E-state index < -0.39 is 0 Å². The number of nitrogens with two attached hydrogens (primary N) is 1. The molecule has 0 bridgehead atoms. The van der Waals surface area contributed by atoms with Crippen molar-refractivity contribution in [2.75, 3.05) is 5.73 Å². The van der Waals surface area contributed by atoms with Crippen molar-refractivity contribution >= 4 is 27.6 Å². The van der Waals surface area contributed by atoms with Crippen molar-refractivity contribution in [3.05, 3.63) is 36.5 Å². The first-order valence-corrected chi connectivity index (χ1v) is 4.46. The van der Waals surface area contributed by atoms with E-state index in [1.54, 1.807) is 6.20 Å². The topological polar surface area (TPSA) is 54.7 Å². The summed E-state index contributed by atoms with van der Waals surface area (Å²) in [6.45, 7) is 0. The van der Waals surface area contributed by atoms with E-state index in [0.29, 0.717) is 5.69 Å². The van der Waals surface area contributed by atoms with Gasteiger partial charge in [-0.1, -0.05) is 18.2 Å². The fourth-order valence-electron chi connectivity index (χ4n) is 1.74. The van der Waals surface area contributed by atoms with Gasteiger partial charge in [0, 0.05) is 16.3 Å². The van der Waals surface area contributed by atoms with Gasteiger partial charge in [-0.3, -0.25) is 0 Å². The third-order valence-electron chi connectivity index (χ3n) is 2.38. The van der Waals surface area contributed by atoms with Crippen LogP contribution in [0.4, 0.5) is 5.69 Å². The first-order valence-electron chi connectivity index (χ1n) is 4.46. The number of fused-ring (bicyclic) bond motifs is 3. The third kappa shape index (κ3) is 0.893. The molecule has 1 aromatic carbocycles. The predicted octanol–water partition coefficient (Wildman–Crippen LogP) is 2.30. The second kappa shape index (κ2) is 2.48. The lowest BCUT2D eigenvalue weighted by molar-refractivity contribution is 1.35. The normalized spacial score (nSPS) is 11.1. The number of rotatable bonds is 0. The van der Waals surface area contributed by atoms with Crippen LogP contribution in [0.1, 0.15) is 0 Å². The molecule has 0 unspecified atom stereocenters. The Hall–Kier alpha value is -2.03. The summed E-state index contributed by atoms with van der Waals surface area (Å²) in [4.78, 5) is 7.48. The molecular weight excluding hydrogens is 174 g/mol. The van der Waals surface area contributed by atoms with Gasteiger partial charge in [0.25, 0.3) is 0 Å². The van der Waals surface area contributed by atoms with Crippen LogP contribution in [0.5, 0.6) is 0 Å². The van der Waals surface area contributed by atoms with Gasteiger partial charge in [0.15, 0.2) is 0 Å². The van der Waals surface area contributed by atoms with E-state index in [-0.39, 0.29) is 0 Å². The smallest absolute Gasteiger partial charge is 0.138 e. The van der Waals surface area contributed by atoms with Crippen molar-refractivity contribution in [2.24, 2.45) is 0 Å². The lowest BCUT2D eigenvalue weighted by Crippen LogP contribution is -1.85. The molecule has 14 heavy (non-hydrogen) atoms. The lowest BCUT2D eigenvalue weighted by atomic mass is 10.2. The summed E-state index contributed by atoms with van der Waals surface area (Å²) in [6, 6.07) is 10.1. The maximum absolute atomic E-state index is 5.70. The van der Waals surface area contributed by atoms with Crippen molar-refractivity contribution < 1.29 is 0 Å². The molecule has 2 aromatic heterocycles. The monoisotopic (exact) mass is 183 g/mol. The Morgan fingerprint density at radius 3 is 2.93 bits per heavy atom. The second-order valence-electron chi connectivity index (χ2n) is 3.34. The van der Waals surface area contributed by atoms with Crippen molar-refractivity contribution in [2.45, 2.75) is 0 Å². The van der Waals surface area contributed by atoms with Crippen LogP contribution in [-0.4, -0.2) is 9.97 Å². The molecule has 3 aromatic rings. The Kier molecular flexibility index (Phi) is 1.31. The molecule has 0 saturated carbocycles. The number of pyridine rings is 1. The molecule has 3 rings (SSSR count). The first kappa shape index (κ1) is 7.38. The summed E-state index contributed by atoms with van der Waals surface area (Å²) in [6.07, 6.45) is 1.66. The quantitative estimate of drug-likeness (QED) is 0.561. The summed E-state index contributed by atoms with van der Waals surface area (Å²) in [5.74, 6) is 0. The zero-order valence-corrected chi connectivity index (χ0v) is 7.49. The summed E-state index contributed by atoms with van der Waals surface area (Å²) in [7, 11) is 0. The SMILES string of the molecule is Nc1cnc2[nH]c3ccccc3c2c1. The number of nitrogen functional groups attached to an aromatic ring is 1. The number of nitrogens with zero attached hydrogens (tertiary/aromatic N) is 1. The van der Waals surface area contributed by atoms with Gasteiger partial charge < -0.3 is 10.7 Å². The molecule has 0 amide bonds. The molecule has 0 spiro atoms. The van der Waals surface area contributed by atoms with Crippen LogP contribution >= 0.6 is 0 Å². The van der Waals surface area contributed by atoms with Crippen LogP contribution < -0.4 is 5.73 Å². The molecule has 0 aliphatic rings. The molecule has 0 aliphatic heterocycles. The van der Waals surface area contributed by atoms with E-state index in [9.17, 15) is 0 Å². The van der Waals surface area contributed by atoms with Crippen LogP contribution in [0, 0.1) is 0 Å². The summed E-state index contributed by atoms with van der Waals surface area (Å²) in [5, 5.41) is 2.25. The molecule has 0 atom stereocenters. The molecule has 0 aliphatic carbocycles. The van der Waals surface area contributed by atoms with Crippen LogP contribution in [0.25, 0.3) is 21.9 Å². The molecule has 3 N–H and O–H groups in total. The van der Waals surface area contributed by atoms with Crippen LogP contribution in [-0.2, 0) is 0 Å². The highest BCUT2D eigenvalue weighted by Gasteiger charge is 2.03. The average molecular weight is 183 g/mol. The van der Waals surface area contributed by atoms with E-state index >= 15 is 0 Å². The summed E-state index contributed by atoms with van der Waals surface area (Å²) >= 11 is 0. The van der Waals surface area contributed by atoms with Gasteiger partial charge in [-0.05, 0) is 12.1 Å². The number of nitrogens with one attached hydrogen (secondary N) is 1. The Morgan fingerprint density at radius 2 is 2.00 bits per heavy atom. The van der Waals surface area contributed by atoms with Gasteiger partial charge in [-0.2, -0.15) is 0 Å². The second-order valence-corrected chi connectivity index (χ2v) is 3.34. The molecule has 0 fully saturated rings. The number of hydrogen-bond acceptors (Lipinski definition) is 2. The number of aromatic nitrogens is 2. The summed E-state index contributed by atoms with van der Waals surface area (Å²) in [5.41, 5.74) is 8.38. The number of hydrogen-bond donors (Lipinski definition) is 2. The standard InChI is InChI=1S/C11H9N3/c12-7-5-9-8-3-1-2-4-10(8)14-11(9)13-6-7/h1-6H,12H2,(H,13,14). The fourth-order valence-corrected chi connectivity index (χ4v) is 1.74. The van der Waals surface area contributed by atoms with Crippen LogP contribution in [0.15, 0.2) is 36.5 Å². The number of benzene rings is 1. The zero-order chi connectivity index (χ0) is 9.54. The van der Waals surface area contributed by atoms with E-state index in [1.165, 1.54) is 5.39 Å². The highest BCUT2D eigenvalue weighted by molar-refractivity contribution is 6.06. The average Bonchev–Trinajstić information content (AvgIpc) is 2.56. The van der Waals surface area contributed by atoms with Crippen molar-refractivity contribution in [3.63, 3.8) is 0 Å². The van der Waals surface area contributed by atoms with Crippen molar-refractivity contribution in [3.8, 4) is 0 Å². The van der Waals surface area contributed by atoms with E-state index in [0.717, 1.165) is 16.6 Å². The minimum absolute atomic E-state index is 0.697. The Balaban J connectivity index is 2.58. The predicted molar refractivity (Wildman–Crippen MR) is 58.0 cm³/mol. The Morgan fingerprint density at radius 1 is 1.14 bits per heavy atom. The highest BCUT2D eigenvalue weighted by atomic mass is 14.9. The Bertz CT molecular complexity index is 610. The molecule has 3 nitrogen and oxygen atoms in total. The van der Waals surface area contributed by atoms with Crippen LogP contribution in [0.2, 0.25) is 0 Å². The fraction of sp³-hybridized carbons (Fsp3) is 0. The number of H-pyrrole nitrogens is 1. The zero-order valence-electron chi connectivity index (χ0n) is 7.49. The lowest BCUT2D eigenvalue weighted by Gasteiger charge is -1.92. The molecule has 0 saturated heterocycles. The summed E-state index contributed by atoms with van der Waals surface area (Å²) < 4.78 is 0. The number of anilines is 1. The van der Waals surface area contributed by atoms with E-state index in [4.69, 9.17) is 5.73 Å². The van der Waals surface area contributed by atoms with Crippen LogP contribution in [0.3, 0.4) is 0 Å². The molecule has 0 radical (unpaired) electrons. The van der Waals surface area contributed by atoms with Crippen molar-refractivity contribution in [1.29, 1.82) is 0 Å². The van der Waals surface area contributed by atoms with Gasteiger partial charge in [-0.15, -0.1) is 0 Å². The van der Waals surface area contributed by atoms with Gasteiger partial charge in [-0.25, -0.2) is 4.98 Å².